The number of nitrogens with one attached hydrogen (secondary N) is 3. The van der Waals surface area contributed by atoms with Gasteiger partial charge in [-0.2, -0.15) is 0 Å². The van der Waals surface area contributed by atoms with Gasteiger partial charge >= 0.3 is 12.0 Å². The van der Waals surface area contributed by atoms with E-state index in [1.165, 1.54) is 31.2 Å². The van der Waals surface area contributed by atoms with Crippen LogP contribution in [0, 0.1) is 0 Å². The van der Waals surface area contributed by atoms with Crippen LogP contribution in [0.4, 0.5) is 10.5 Å². The number of urea groups is 1. The van der Waals surface area contributed by atoms with Crippen LogP contribution in [-0.2, 0) is 26.1 Å². The number of esters is 1. The highest BCUT2D eigenvalue weighted by Gasteiger charge is 2.20. The van der Waals surface area contributed by atoms with E-state index in [2.05, 4.69) is 15.4 Å². The molecule has 2 aromatic carbocycles. The molecule has 2 amide bonds. The third-order valence-corrected chi connectivity index (χ3v) is 4.45. The van der Waals surface area contributed by atoms with E-state index in [1.54, 1.807) is 0 Å². The van der Waals surface area contributed by atoms with Crippen LogP contribution in [0.15, 0.2) is 54.6 Å². The largest absolute Gasteiger partial charge is 0.453 e. The molecule has 0 aromatic heterocycles. The first-order valence-corrected chi connectivity index (χ1v) is 10.9. The summed E-state index contributed by atoms with van der Waals surface area (Å²) >= 11 is 0. The molecular weight excluding hydrogens is 410 g/mol. The summed E-state index contributed by atoms with van der Waals surface area (Å²) in [6.07, 6.45) is -0.0517. The Balaban J connectivity index is 1.77. The van der Waals surface area contributed by atoms with Crippen LogP contribution in [0.1, 0.15) is 22.8 Å². The average Bonchev–Trinajstić information content (AvgIpc) is 2.70. The fourth-order valence-corrected chi connectivity index (χ4v) is 3.00. The van der Waals surface area contributed by atoms with Crippen molar-refractivity contribution in [2.24, 2.45) is 0 Å². The van der Waals surface area contributed by atoms with E-state index in [0.717, 1.165) is 11.8 Å². The van der Waals surface area contributed by atoms with Crippen LogP contribution in [0.5, 0.6) is 0 Å². The van der Waals surface area contributed by atoms with Gasteiger partial charge in [0.25, 0.3) is 0 Å². The summed E-state index contributed by atoms with van der Waals surface area (Å²) in [6, 6.07) is 14.4. The lowest BCUT2D eigenvalue weighted by molar-refractivity contribution is -0.144. The van der Waals surface area contributed by atoms with Crippen molar-refractivity contribution in [3.8, 4) is 0 Å². The summed E-state index contributed by atoms with van der Waals surface area (Å²) in [5, 5.41) is 4.97. The molecule has 0 aliphatic heterocycles. The SMILES string of the molecule is CC(OC(=O)CNC(=O)NCc1ccccc1)C(=O)c1ccc(NS(C)(=O)=O)cc1. The number of benzene rings is 2. The molecule has 0 radical (unpaired) electrons. The van der Waals surface area contributed by atoms with Crippen LogP contribution in [-0.4, -0.2) is 45.1 Å². The molecule has 0 heterocycles. The quantitative estimate of drug-likeness (QED) is 0.407. The van der Waals surface area contributed by atoms with Crippen LogP contribution >= 0.6 is 0 Å². The van der Waals surface area contributed by atoms with Crippen LogP contribution in [0.25, 0.3) is 0 Å². The molecule has 2 aromatic rings. The molecule has 0 fully saturated rings. The lowest BCUT2D eigenvalue weighted by Crippen LogP contribution is -2.39. The number of carbonyl (C=O) groups is 3. The Morgan fingerprint density at radius 1 is 0.967 bits per heavy atom. The number of anilines is 1. The molecule has 10 heteroatoms. The van der Waals surface area contributed by atoms with Gasteiger partial charge in [0.05, 0.1) is 6.26 Å². The maximum absolute atomic E-state index is 12.4. The Hall–Kier alpha value is -3.40. The number of amides is 2. The van der Waals surface area contributed by atoms with E-state index in [1.807, 2.05) is 30.3 Å². The number of carbonyl (C=O) groups excluding carboxylic acids is 3. The van der Waals surface area contributed by atoms with Gasteiger partial charge in [-0.05, 0) is 36.8 Å². The van der Waals surface area contributed by atoms with Crippen molar-refractivity contribution in [3.05, 3.63) is 65.7 Å². The molecule has 2 rings (SSSR count). The smallest absolute Gasteiger partial charge is 0.326 e. The second-order valence-electron chi connectivity index (χ2n) is 6.47. The lowest BCUT2D eigenvalue weighted by atomic mass is 10.1. The predicted molar refractivity (Wildman–Crippen MR) is 111 cm³/mol. The van der Waals surface area contributed by atoms with Gasteiger partial charge in [-0.15, -0.1) is 0 Å². The zero-order chi connectivity index (χ0) is 22.1. The second-order valence-corrected chi connectivity index (χ2v) is 8.22. The normalized spacial score (nSPS) is 11.8. The van der Waals surface area contributed by atoms with E-state index in [0.29, 0.717) is 12.2 Å². The first kappa shape index (κ1) is 22.9. The van der Waals surface area contributed by atoms with Crippen molar-refractivity contribution < 1.29 is 27.5 Å². The number of sulfonamides is 1. The Bertz CT molecular complexity index is 991. The van der Waals surface area contributed by atoms with E-state index >= 15 is 0 Å². The molecule has 0 bridgehead atoms. The highest BCUT2D eigenvalue weighted by molar-refractivity contribution is 7.92. The zero-order valence-electron chi connectivity index (χ0n) is 16.5. The Morgan fingerprint density at radius 2 is 1.60 bits per heavy atom. The van der Waals surface area contributed by atoms with Gasteiger partial charge < -0.3 is 15.4 Å². The molecule has 0 saturated carbocycles. The van der Waals surface area contributed by atoms with E-state index in [4.69, 9.17) is 4.74 Å². The minimum Gasteiger partial charge on any atom is -0.453 e. The van der Waals surface area contributed by atoms with E-state index in [9.17, 15) is 22.8 Å². The van der Waals surface area contributed by atoms with Gasteiger partial charge in [-0.25, -0.2) is 13.2 Å². The first-order chi connectivity index (χ1) is 14.1. The average molecular weight is 433 g/mol. The lowest BCUT2D eigenvalue weighted by Gasteiger charge is -2.13. The highest BCUT2D eigenvalue weighted by Crippen LogP contribution is 2.13. The van der Waals surface area contributed by atoms with Crippen LogP contribution in [0.2, 0.25) is 0 Å². The molecule has 0 spiro atoms. The molecule has 3 N–H and O–H groups in total. The summed E-state index contributed by atoms with van der Waals surface area (Å²) in [7, 11) is -3.42. The van der Waals surface area contributed by atoms with E-state index < -0.39 is 40.5 Å². The molecule has 30 heavy (non-hydrogen) atoms. The monoisotopic (exact) mass is 433 g/mol. The highest BCUT2D eigenvalue weighted by atomic mass is 32.2. The van der Waals surface area contributed by atoms with Crippen molar-refractivity contribution in [1.82, 2.24) is 10.6 Å². The standard InChI is InChI=1S/C20H23N3O6S/c1-14(19(25)16-8-10-17(11-9-16)23-30(2,27)28)29-18(24)13-22-20(26)21-12-15-6-4-3-5-7-15/h3-11,14,23H,12-13H2,1-2H3,(H2,21,22,26). The van der Waals surface area contributed by atoms with Crippen LogP contribution < -0.4 is 15.4 Å². The molecule has 0 aliphatic rings. The summed E-state index contributed by atoms with van der Waals surface area (Å²) in [5.74, 6) is -1.22. The van der Waals surface area contributed by atoms with E-state index in [-0.39, 0.29) is 5.56 Å². The molecule has 0 aliphatic carbocycles. The minimum absolute atomic E-state index is 0.253. The Morgan fingerprint density at radius 3 is 2.20 bits per heavy atom. The maximum Gasteiger partial charge on any atom is 0.326 e. The fourth-order valence-electron chi connectivity index (χ4n) is 2.44. The third kappa shape index (κ3) is 7.92. The number of ether oxygens (including phenoxy) is 1. The third-order valence-electron chi connectivity index (χ3n) is 3.84. The van der Waals surface area contributed by atoms with Gasteiger partial charge in [0, 0.05) is 17.8 Å². The second kappa shape index (κ2) is 10.4. The van der Waals surface area contributed by atoms with Gasteiger partial charge in [-0.1, -0.05) is 30.3 Å². The molecule has 1 atom stereocenters. The number of rotatable bonds is 9. The fraction of sp³-hybridized carbons (Fsp3) is 0.250. The molecular formula is C20H23N3O6S. The molecule has 9 nitrogen and oxygen atoms in total. The van der Waals surface area contributed by atoms with Crippen molar-refractivity contribution in [2.45, 2.75) is 19.6 Å². The van der Waals surface area contributed by atoms with Crippen molar-refractivity contribution in [3.63, 3.8) is 0 Å². The van der Waals surface area contributed by atoms with Gasteiger partial charge in [0.2, 0.25) is 15.8 Å². The number of hydrogen-bond donors (Lipinski definition) is 3. The topological polar surface area (TPSA) is 131 Å². The van der Waals surface area contributed by atoms with Gasteiger partial charge in [0.15, 0.2) is 6.10 Å². The number of Topliss-reactive ketones (excluding diaryl/α,β-unsaturated/α-hetero) is 1. The Kier molecular flexibility index (Phi) is 7.93. The van der Waals surface area contributed by atoms with Crippen molar-refractivity contribution in [2.75, 3.05) is 17.5 Å². The predicted octanol–water partition coefficient (Wildman–Crippen LogP) is 1.67. The maximum atomic E-state index is 12.4. The number of hydrogen-bond acceptors (Lipinski definition) is 6. The van der Waals surface area contributed by atoms with Crippen LogP contribution in [0.3, 0.4) is 0 Å². The molecule has 1 unspecified atom stereocenters. The summed E-state index contributed by atoms with van der Waals surface area (Å²) in [6.45, 7) is 1.33. The summed E-state index contributed by atoms with van der Waals surface area (Å²) in [4.78, 5) is 36.0. The summed E-state index contributed by atoms with van der Waals surface area (Å²) in [5.41, 5.74) is 1.47. The zero-order valence-corrected chi connectivity index (χ0v) is 17.4. The van der Waals surface area contributed by atoms with Gasteiger partial charge in [-0.3, -0.25) is 14.3 Å². The molecule has 0 saturated heterocycles. The van der Waals surface area contributed by atoms with Gasteiger partial charge in [0.1, 0.15) is 6.54 Å². The Labute approximate surface area is 174 Å². The minimum atomic E-state index is -3.42. The molecule has 160 valence electrons. The van der Waals surface area contributed by atoms with Crippen molar-refractivity contribution in [1.29, 1.82) is 0 Å². The first-order valence-electron chi connectivity index (χ1n) is 9.01. The van der Waals surface area contributed by atoms with Crippen molar-refractivity contribution >= 4 is 33.5 Å². The number of ketones is 1. The summed E-state index contributed by atoms with van der Waals surface area (Å²) < 4.78 is 29.7.